The number of nitrogens with zero attached hydrogens (tertiary/aromatic N) is 3. The van der Waals surface area contributed by atoms with Gasteiger partial charge in [-0.25, -0.2) is 0 Å². The fourth-order valence-corrected chi connectivity index (χ4v) is 3.88. The molecule has 9 heteroatoms. The highest BCUT2D eigenvalue weighted by Crippen LogP contribution is 2.33. The lowest BCUT2D eigenvalue weighted by Gasteiger charge is -2.13. The smallest absolute Gasteiger partial charge is 0.234 e. The maximum absolute atomic E-state index is 12.7. The van der Waals surface area contributed by atoms with E-state index in [4.69, 9.17) is 21.1 Å². The number of benzene rings is 3. The molecule has 0 radical (unpaired) electrons. The standard InChI is InChI=1S/C24H21ClN4O3S/c1-16-3-6-18(7-4-16)29-15-26-28-24(29)33-14-23(30)27-21-13-17(25)5-12-22(21)32-20-10-8-19(31-2)9-11-20/h3-13,15H,14H2,1-2H3,(H,27,30). The summed E-state index contributed by atoms with van der Waals surface area (Å²) in [6.45, 7) is 2.03. The molecule has 1 amide bonds. The van der Waals surface area contributed by atoms with Crippen molar-refractivity contribution in [1.82, 2.24) is 14.8 Å². The van der Waals surface area contributed by atoms with Gasteiger partial charge in [0.05, 0.1) is 18.6 Å². The average Bonchev–Trinajstić information content (AvgIpc) is 3.29. The van der Waals surface area contributed by atoms with Gasteiger partial charge in [0.2, 0.25) is 5.91 Å². The molecule has 1 aromatic heterocycles. The van der Waals surface area contributed by atoms with Crippen molar-refractivity contribution in [2.24, 2.45) is 0 Å². The first-order chi connectivity index (χ1) is 16.0. The Morgan fingerprint density at radius 2 is 1.79 bits per heavy atom. The molecule has 0 aliphatic rings. The molecule has 0 fully saturated rings. The van der Waals surface area contributed by atoms with Gasteiger partial charge in [-0.15, -0.1) is 10.2 Å². The monoisotopic (exact) mass is 480 g/mol. The maximum atomic E-state index is 12.7. The zero-order chi connectivity index (χ0) is 23.2. The summed E-state index contributed by atoms with van der Waals surface area (Å²) in [5.74, 6) is 1.72. The molecule has 0 saturated heterocycles. The molecular weight excluding hydrogens is 460 g/mol. The van der Waals surface area contributed by atoms with Gasteiger partial charge in [-0.05, 0) is 61.5 Å². The molecule has 0 unspecified atom stereocenters. The summed E-state index contributed by atoms with van der Waals surface area (Å²) in [4.78, 5) is 12.7. The van der Waals surface area contributed by atoms with E-state index in [0.717, 1.165) is 17.0 Å². The number of nitrogens with one attached hydrogen (secondary N) is 1. The van der Waals surface area contributed by atoms with Gasteiger partial charge in [0, 0.05) is 10.7 Å². The predicted molar refractivity (Wildman–Crippen MR) is 130 cm³/mol. The molecule has 33 heavy (non-hydrogen) atoms. The largest absolute Gasteiger partial charge is 0.497 e. The Bertz CT molecular complexity index is 1240. The Morgan fingerprint density at radius 3 is 2.52 bits per heavy atom. The number of methoxy groups -OCH3 is 1. The van der Waals surface area contributed by atoms with Gasteiger partial charge in [-0.1, -0.05) is 41.1 Å². The second-order valence-corrected chi connectivity index (χ2v) is 8.45. The van der Waals surface area contributed by atoms with Gasteiger partial charge in [-0.2, -0.15) is 0 Å². The first kappa shape index (κ1) is 22.7. The van der Waals surface area contributed by atoms with Crippen LogP contribution in [0.1, 0.15) is 5.56 Å². The zero-order valence-corrected chi connectivity index (χ0v) is 19.6. The number of thioether (sulfide) groups is 1. The van der Waals surface area contributed by atoms with E-state index < -0.39 is 0 Å². The summed E-state index contributed by atoms with van der Waals surface area (Å²) < 4.78 is 12.9. The first-order valence-electron chi connectivity index (χ1n) is 10.0. The van der Waals surface area contributed by atoms with Crippen LogP contribution in [0.3, 0.4) is 0 Å². The Morgan fingerprint density at radius 1 is 1.06 bits per heavy atom. The highest BCUT2D eigenvalue weighted by molar-refractivity contribution is 7.99. The SMILES string of the molecule is COc1ccc(Oc2ccc(Cl)cc2NC(=O)CSc2nncn2-c2ccc(C)cc2)cc1. The van der Waals surface area contributed by atoms with Crippen molar-refractivity contribution >= 4 is 35.0 Å². The van der Waals surface area contributed by atoms with E-state index in [1.165, 1.54) is 11.8 Å². The molecular formula is C24H21ClN4O3S. The molecule has 1 heterocycles. The van der Waals surface area contributed by atoms with E-state index in [0.29, 0.717) is 27.4 Å². The summed E-state index contributed by atoms with van der Waals surface area (Å²) in [6.07, 6.45) is 1.63. The molecule has 0 bridgehead atoms. The van der Waals surface area contributed by atoms with Gasteiger partial charge in [-0.3, -0.25) is 9.36 Å². The van der Waals surface area contributed by atoms with Crippen LogP contribution in [0.25, 0.3) is 5.69 Å². The quantitative estimate of drug-likeness (QED) is 0.323. The first-order valence-corrected chi connectivity index (χ1v) is 11.4. The van der Waals surface area contributed by atoms with Crippen molar-refractivity contribution in [3.05, 3.63) is 83.6 Å². The number of carbonyl (C=O) groups excluding carboxylic acids is 1. The van der Waals surface area contributed by atoms with Gasteiger partial charge in [0.15, 0.2) is 10.9 Å². The minimum absolute atomic E-state index is 0.138. The van der Waals surface area contributed by atoms with Gasteiger partial charge in [0.25, 0.3) is 0 Å². The highest BCUT2D eigenvalue weighted by Gasteiger charge is 2.13. The van der Waals surface area contributed by atoms with Crippen molar-refractivity contribution in [3.63, 3.8) is 0 Å². The lowest BCUT2D eigenvalue weighted by atomic mass is 10.2. The van der Waals surface area contributed by atoms with Crippen molar-refractivity contribution < 1.29 is 14.3 Å². The van der Waals surface area contributed by atoms with Crippen LogP contribution < -0.4 is 14.8 Å². The summed E-state index contributed by atoms with van der Waals surface area (Å²) >= 11 is 7.44. The van der Waals surface area contributed by atoms with E-state index in [2.05, 4.69) is 15.5 Å². The minimum atomic E-state index is -0.222. The fourth-order valence-electron chi connectivity index (χ4n) is 2.98. The van der Waals surface area contributed by atoms with Crippen LogP contribution in [-0.2, 0) is 4.79 Å². The molecule has 3 aromatic carbocycles. The van der Waals surface area contributed by atoms with E-state index >= 15 is 0 Å². The number of rotatable bonds is 8. The van der Waals surface area contributed by atoms with Crippen molar-refractivity contribution in [2.45, 2.75) is 12.1 Å². The summed E-state index contributed by atoms with van der Waals surface area (Å²) in [7, 11) is 1.60. The van der Waals surface area contributed by atoms with Crippen LogP contribution in [-0.4, -0.2) is 33.5 Å². The molecule has 7 nitrogen and oxygen atoms in total. The molecule has 0 spiro atoms. The Hall–Kier alpha value is -3.49. The zero-order valence-electron chi connectivity index (χ0n) is 18.0. The number of hydrogen-bond acceptors (Lipinski definition) is 6. The number of anilines is 1. The van der Waals surface area contributed by atoms with E-state index in [1.807, 2.05) is 35.8 Å². The third-order valence-electron chi connectivity index (χ3n) is 4.66. The Labute approximate surface area is 200 Å². The van der Waals surface area contributed by atoms with E-state index in [9.17, 15) is 4.79 Å². The number of amides is 1. The molecule has 0 aliphatic heterocycles. The molecule has 4 rings (SSSR count). The third kappa shape index (κ3) is 5.85. The van der Waals surface area contributed by atoms with Crippen LogP contribution in [0.4, 0.5) is 5.69 Å². The van der Waals surface area contributed by atoms with Crippen LogP contribution >= 0.6 is 23.4 Å². The van der Waals surface area contributed by atoms with Crippen molar-refractivity contribution in [2.75, 3.05) is 18.2 Å². The molecule has 0 saturated carbocycles. The molecule has 4 aromatic rings. The van der Waals surface area contributed by atoms with Gasteiger partial charge in [0.1, 0.15) is 17.8 Å². The van der Waals surface area contributed by atoms with Crippen LogP contribution in [0.15, 0.2) is 78.2 Å². The fraction of sp³-hybridized carbons (Fsp3) is 0.125. The van der Waals surface area contributed by atoms with Crippen LogP contribution in [0, 0.1) is 6.92 Å². The van der Waals surface area contributed by atoms with Crippen LogP contribution in [0.5, 0.6) is 17.2 Å². The lowest BCUT2D eigenvalue weighted by molar-refractivity contribution is -0.113. The Balaban J connectivity index is 1.43. The molecule has 0 atom stereocenters. The second-order valence-electron chi connectivity index (χ2n) is 7.07. The number of halogens is 1. The summed E-state index contributed by atoms with van der Waals surface area (Å²) in [6, 6.07) is 20.2. The lowest BCUT2D eigenvalue weighted by Crippen LogP contribution is -2.15. The molecule has 0 aliphatic carbocycles. The van der Waals surface area contributed by atoms with Crippen LogP contribution in [0.2, 0.25) is 5.02 Å². The van der Waals surface area contributed by atoms with E-state index in [1.54, 1.807) is 55.9 Å². The number of aryl methyl sites for hydroxylation is 1. The topological polar surface area (TPSA) is 78.3 Å². The predicted octanol–water partition coefficient (Wildman–Crippen LogP) is 5.76. The number of aromatic nitrogens is 3. The van der Waals surface area contributed by atoms with Crippen molar-refractivity contribution in [1.29, 1.82) is 0 Å². The molecule has 168 valence electrons. The van der Waals surface area contributed by atoms with E-state index in [-0.39, 0.29) is 11.7 Å². The second kappa shape index (κ2) is 10.4. The third-order valence-corrected chi connectivity index (χ3v) is 5.84. The summed E-state index contributed by atoms with van der Waals surface area (Å²) in [5.41, 5.74) is 2.57. The maximum Gasteiger partial charge on any atom is 0.234 e. The normalized spacial score (nSPS) is 10.6. The summed E-state index contributed by atoms with van der Waals surface area (Å²) in [5, 5.41) is 12.1. The minimum Gasteiger partial charge on any atom is -0.497 e. The average molecular weight is 481 g/mol. The molecule has 1 N–H and O–H groups in total. The number of ether oxygens (including phenoxy) is 2. The number of carbonyl (C=O) groups is 1. The highest BCUT2D eigenvalue weighted by atomic mass is 35.5. The number of hydrogen-bond donors (Lipinski definition) is 1. The van der Waals surface area contributed by atoms with Gasteiger partial charge < -0.3 is 14.8 Å². The van der Waals surface area contributed by atoms with Crippen molar-refractivity contribution in [3.8, 4) is 22.9 Å². The Kier molecular flexibility index (Phi) is 7.16. The van der Waals surface area contributed by atoms with Gasteiger partial charge >= 0.3 is 0 Å².